The van der Waals surface area contributed by atoms with Crippen LogP contribution >= 0.6 is 0 Å². The molecule has 0 saturated carbocycles. The van der Waals surface area contributed by atoms with E-state index in [4.69, 9.17) is 4.74 Å². The Kier molecular flexibility index (Phi) is 5.89. The van der Waals surface area contributed by atoms with Crippen LogP contribution in [-0.2, 0) is 11.2 Å². The minimum atomic E-state index is -0.293. The number of aryl methyl sites for hydroxylation is 3. The van der Waals surface area contributed by atoms with Crippen LogP contribution in [0.5, 0.6) is 5.88 Å². The van der Waals surface area contributed by atoms with Crippen LogP contribution in [0.2, 0.25) is 0 Å². The lowest BCUT2D eigenvalue weighted by molar-refractivity contribution is -0.118. The van der Waals surface area contributed by atoms with Crippen LogP contribution in [-0.4, -0.2) is 22.3 Å². The summed E-state index contributed by atoms with van der Waals surface area (Å²) in [6.45, 7) is 5.83. The molecule has 0 aliphatic heterocycles. The molecule has 0 unspecified atom stereocenters. The van der Waals surface area contributed by atoms with E-state index in [2.05, 4.69) is 17.3 Å². The summed E-state index contributed by atoms with van der Waals surface area (Å²) in [5.74, 6) is -0.0886. The second-order valence-corrected chi connectivity index (χ2v) is 6.58. The van der Waals surface area contributed by atoms with Crippen molar-refractivity contribution in [3.05, 3.63) is 81.6 Å². The van der Waals surface area contributed by atoms with Gasteiger partial charge in [-0.3, -0.25) is 9.59 Å². The van der Waals surface area contributed by atoms with Crippen molar-refractivity contribution < 1.29 is 9.53 Å². The van der Waals surface area contributed by atoms with E-state index in [-0.39, 0.29) is 24.0 Å². The number of amides is 1. The monoisotopic (exact) mass is 377 g/mol. The van der Waals surface area contributed by atoms with E-state index in [1.165, 1.54) is 16.8 Å². The van der Waals surface area contributed by atoms with Crippen molar-refractivity contribution in [3.8, 4) is 11.6 Å². The lowest BCUT2D eigenvalue weighted by atomic mass is 10.1. The number of benzene rings is 2. The molecule has 0 radical (unpaired) electrons. The number of rotatable bonds is 6. The van der Waals surface area contributed by atoms with Crippen molar-refractivity contribution in [1.29, 1.82) is 0 Å². The van der Waals surface area contributed by atoms with E-state index in [0.29, 0.717) is 5.69 Å². The second kappa shape index (κ2) is 8.52. The van der Waals surface area contributed by atoms with Crippen LogP contribution in [0.1, 0.15) is 23.6 Å². The third kappa shape index (κ3) is 4.65. The van der Waals surface area contributed by atoms with Gasteiger partial charge in [0, 0.05) is 17.8 Å². The first-order valence-electron chi connectivity index (χ1n) is 9.16. The van der Waals surface area contributed by atoms with E-state index >= 15 is 0 Å². The molecule has 0 bridgehead atoms. The Morgan fingerprint density at radius 1 is 1.07 bits per heavy atom. The fourth-order valence-corrected chi connectivity index (χ4v) is 2.72. The largest absolute Gasteiger partial charge is 0.467 e. The maximum Gasteiger partial charge on any atom is 0.271 e. The first kappa shape index (κ1) is 19.4. The molecular formula is C22H23N3O3. The van der Waals surface area contributed by atoms with Crippen LogP contribution in [0.3, 0.4) is 0 Å². The Morgan fingerprint density at radius 3 is 2.64 bits per heavy atom. The molecule has 0 spiro atoms. The van der Waals surface area contributed by atoms with Crippen LogP contribution in [0.25, 0.3) is 5.69 Å². The van der Waals surface area contributed by atoms with Crippen molar-refractivity contribution in [1.82, 2.24) is 9.78 Å². The van der Waals surface area contributed by atoms with Crippen molar-refractivity contribution in [2.75, 3.05) is 11.9 Å². The molecule has 0 fully saturated rings. The Balaban J connectivity index is 1.70. The zero-order valence-corrected chi connectivity index (χ0v) is 16.2. The van der Waals surface area contributed by atoms with Gasteiger partial charge >= 0.3 is 0 Å². The number of anilines is 1. The average molecular weight is 377 g/mol. The predicted octanol–water partition coefficient (Wildman–Crippen LogP) is 3.43. The second-order valence-electron chi connectivity index (χ2n) is 6.58. The standard InChI is InChI=1S/C22H23N3O3/c1-4-17-6-5-7-18(13-17)23-20(26)14-28-21-10-11-22(27)25(24-21)19-9-8-15(2)16(3)12-19/h5-13H,4,14H2,1-3H3,(H,23,26). The highest BCUT2D eigenvalue weighted by Crippen LogP contribution is 2.14. The van der Waals surface area contributed by atoms with Gasteiger partial charge in [0.15, 0.2) is 6.61 Å². The smallest absolute Gasteiger partial charge is 0.271 e. The van der Waals surface area contributed by atoms with Gasteiger partial charge in [0.2, 0.25) is 5.88 Å². The number of carbonyl (C=O) groups excluding carboxylic acids is 1. The molecule has 1 amide bonds. The molecule has 6 nitrogen and oxygen atoms in total. The maximum absolute atomic E-state index is 12.2. The number of ether oxygens (including phenoxy) is 1. The Bertz CT molecular complexity index is 1060. The molecule has 28 heavy (non-hydrogen) atoms. The van der Waals surface area contributed by atoms with Crippen molar-refractivity contribution in [2.24, 2.45) is 0 Å². The highest BCUT2D eigenvalue weighted by molar-refractivity contribution is 5.91. The summed E-state index contributed by atoms with van der Waals surface area (Å²) >= 11 is 0. The minimum absolute atomic E-state index is 0.200. The zero-order valence-electron chi connectivity index (χ0n) is 16.2. The van der Waals surface area contributed by atoms with E-state index in [0.717, 1.165) is 28.8 Å². The summed E-state index contributed by atoms with van der Waals surface area (Å²) in [4.78, 5) is 24.3. The van der Waals surface area contributed by atoms with E-state index in [9.17, 15) is 9.59 Å². The summed E-state index contributed by atoms with van der Waals surface area (Å²) in [6, 6.07) is 16.2. The van der Waals surface area contributed by atoms with Gasteiger partial charge < -0.3 is 10.1 Å². The highest BCUT2D eigenvalue weighted by atomic mass is 16.5. The van der Waals surface area contributed by atoms with E-state index in [1.54, 1.807) is 0 Å². The number of nitrogens with one attached hydrogen (secondary N) is 1. The maximum atomic E-state index is 12.2. The number of carbonyl (C=O) groups is 1. The predicted molar refractivity (Wildman–Crippen MR) is 109 cm³/mol. The quantitative estimate of drug-likeness (QED) is 0.714. The molecule has 2 aromatic carbocycles. The molecule has 1 N–H and O–H groups in total. The summed E-state index contributed by atoms with van der Waals surface area (Å²) in [5, 5.41) is 7.02. The molecule has 1 aromatic heterocycles. The van der Waals surface area contributed by atoms with Gasteiger partial charge in [-0.2, -0.15) is 4.68 Å². The van der Waals surface area contributed by atoms with Gasteiger partial charge in [-0.1, -0.05) is 25.1 Å². The molecule has 0 aliphatic carbocycles. The SMILES string of the molecule is CCc1cccc(NC(=O)COc2ccc(=O)n(-c3ccc(C)c(C)c3)n2)c1. The molecule has 3 rings (SSSR count). The summed E-state index contributed by atoms with van der Waals surface area (Å²) in [6.07, 6.45) is 0.893. The summed E-state index contributed by atoms with van der Waals surface area (Å²) in [7, 11) is 0. The normalized spacial score (nSPS) is 10.5. The third-order valence-electron chi connectivity index (χ3n) is 4.48. The molecule has 3 aromatic rings. The zero-order chi connectivity index (χ0) is 20.1. The fraction of sp³-hybridized carbons (Fsp3) is 0.227. The summed E-state index contributed by atoms with van der Waals surface area (Å²) < 4.78 is 6.75. The minimum Gasteiger partial charge on any atom is -0.467 e. The van der Waals surface area contributed by atoms with Crippen molar-refractivity contribution in [3.63, 3.8) is 0 Å². The fourth-order valence-electron chi connectivity index (χ4n) is 2.72. The van der Waals surface area contributed by atoms with E-state index in [1.807, 2.05) is 56.3 Å². The van der Waals surface area contributed by atoms with Gasteiger partial charge in [-0.05, 0) is 61.2 Å². The lowest BCUT2D eigenvalue weighted by Crippen LogP contribution is -2.24. The first-order valence-corrected chi connectivity index (χ1v) is 9.16. The molecule has 0 saturated heterocycles. The van der Waals surface area contributed by atoms with Gasteiger partial charge in [-0.25, -0.2) is 0 Å². The number of aromatic nitrogens is 2. The van der Waals surface area contributed by atoms with Gasteiger partial charge in [-0.15, -0.1) is 5.10 Å². The molecule has 6 heteroatoms. The molecule has 0 atom stereocenters. The molecule has 144 valence electrons. The van der Waals surface area contributed by atoms with Gasteiger partial charge in [0.05, 0.1) is 5.69 Å². The van der Waals surface area contributed by atoms with Crippen LogP contribution in [0.15, 0.2) is 59.4 Å². The van der Waals surface area contributed by atoms with E-state index < -0.39 is 0 Å². The molecule has 0 aliphatic rings. The lowest BCUT2D eigenvalue weighted by Gasteiger charge is -2.10. The highest BCUT2D eigenvalue weighted by Gasteiger charge is 2.08. The third-order valence-corrected chi connectivity index (χ3v) is 4.48. The van der Waals surface area contributed by atoms with Crippen molar-refractivity contribution in [2.45, 2.75) is 27.2 Å². The molecule has 1 heterocycles. The number of nitrogens with zero attached hydrogens (tertiary/aromatic N) is 2. The van der Waals surface area contributed by atoms with Gasteiger partial charge in [0.25, 0.3) is 11.5 Å². The Labute approximate surface area is 163 Å². The summed E-state index contributed by atoms with van der Waals surface area (Å²) in [5.41, 5.74) is 4.44. The Hall–Kier alpha value is -3.41. The van der Waals surface area contributed by atoms with Crippen LogP contribution in [0.4, 0.5) is 5.69 Å². The van der Waals surface area contributed by atoms with Crippen LogP contribution in [0, 0.1) is 13.8 Å². The Morgan fingerprint density at radius 2 is 1.89 bits per heavy atom. The number of hydrogen-bond donors (Lipinski definition) is 1. The first-order chi connectivity index (χ1) is 13.5. The molecular weight excluding hydrogens is 354 g/mol. The van der Waals surface area contributed by atoms with Gasteiger partial charge in [0.1, 0.15) is 0 Å². The van der Waals surface area contributed by atoms with Crippen LogP contribution < -0.4 is 15.6 Å². The average Bonchev–Trinajstić information content (AvgIpc) is 2.69. The topological polar surface area (TPSA) is 73.2 Å². The number of hydrogen-bond acceptors (Lipinski definition) is 4. The van der Waals surface area contributed by atoms with Crippen molar-refractivity contribution >= 4 is 11.6 Å².